The number of aliphatic hydroxyl groups is 1. The molecule has 7 atom stereocenters. The number of rotatable bonds is 22. The van der Waals surface area contributed by atoms with Gasteiger partial charge >= 0.3 is 5.97 Å². The molecule has 44 heavy (non-hydrogen) atoms. The third-order valence-electron chi connectivity index (χ3n) is 6.71. The monoisotopic (exact) mass is 630 g/mol. The van der Waals surface area contributed by atoms with Crippen LogP contribution in [0.3, 0.4) is 0 Å². The second-order valence-corrected chi connectivity index (χ2v) is 11.5. The number of nitrogens with one attached hydrogen (secondary N) is 5. The lowest BCUT2D eigenvalue weighted by molar-refractivity contribution is -0.145. The molecule has 16 heteroatoms. The molecule has 0 aliphatic rings. The molecule has 13 N–H and O–H groups in total. The summed E-state index contributed by atoms with van der Waals surface area (Å²) < 4.78 is 0. The number of hydrogen-bond acceptors (Lipinski definition) is 10. The van der Waals surface area contributed by atoms with Crippen LogP contribution >= 0.6 is 0 Å². The number of carboxylic acid groups (broad SMARTS) is 1. The van der Waals surface area contributed by atoms with Crippen molar-refractivity contribution in [3.05, 3.63) is 0 Å². The van der Waals surface area contributed by atoms with Gasteiger partial charge in [0.15, 0.2) is 6.04 Å². The zero-order chi connectivity index (χ0) is 34.0. The van der Waals surface area contributed by atoms with Gasteiger partial charge in [0.2, 0.25) is 29.5 Å². The van der Waals surface area contributed by atoms with E-state index in [1.165, 1.54) is 20.8 Å². The van der Waals surface area contributed by atoms with E-state index in [1.54, 1.807) is 0 Å². The lowest BCUT2D eigenvalue weighted by atomic mass is 10.0. The maximum absolute atomic E-state index is 13.5. The Morgan fingerprint density at radius 2 is 1.05 bits per heavy atom. The molecule has 0 aromatic carbocycles. The molecule has 254 valence electrons. The van der Waals surface area contributed by atoms with Crippen molar-refractivity contribution in [3.63, 3.8) is 0 Å². The Morgan fingerprint density at radius 3 is 1.45 bits per heavy atom. The molecule has 0 aromatic heterocycles. The molecule has 0 fully saturated rings. The van der Waals surface area contributed by atoms with Crippen LogP contribution in [-0.2, 0) is 28.8 Å². The first-order valence-electron chi connectivity index (χ1n) is 15.1. The zero-order valence-electron chi connectivity index (χ0n) is 26.6. The Balaban J connectivity index is 5.92. The molecule has 0 bridgehead atoms. The predicted octanol–water partition coefficient (Wildman–Crippen LogP) is -2.45. The maximum Gasteiger partial charge on any atom is 0.328 e. The highest BCUT2D eigenvalue weighted by Gasteiger charge is 2.33. The number of aliphatic carboxylic acids is 1. The fourth-order valence-corrected chi connectivity index (χ4v) is 4.12. The lowest BCUT2D eigenvalue weighted by Gasteiger charge is -2.27. The van der Waals surface area contributed by atoms with Gasteiger partial charge in [-0.3, -0.25) is 24.0 Å². The summed E-state index contributed by atoms with van der Waals surface area (Å²) in [5.41, 5.74) is 16.7. The number of carbonyl (C=O) groups excluding carboxylic acids is 5. The minimum absolute atomic E-state index is 0.0686. The minimum atomic E-state index is -1.60. The lowest BCUT2D eigenvalue weighted by Crippen LogP contribution is -2.59. The summed E-state index contributed by atoms with van der Waals surface area (Å²) >= 11 is 0. The molecule has 0 aliphatic heterocycles. The van der Waals surface area contributed by atoms with Crippen LogP contribution in [0.2, 0.25) is 0 Å². The molecular formula is C28H54N8O8. The second-order valence-electron chi connectivity index (χ2n) is 11.5. The van der Waals surface area contributed by atoms with Crippen molar-refractivity contribution >= 4 is 35.5 Å². The van der Waals surface area contributed by atoms with E-state index in [-0.39, 0.29) is 25.2 Å². The van der Waals surface area contributed by atoms with Gasteiger partial charge in [-0.1, -0.05) is 13.8 Å². The van der Waals surface area contributed by atoms with Gasteiger partial charge in [-0.25, -0.2) is 4.79 Å². The molecule has 0 rings (SSSR count). The number of hydrogen-bond donors (Lipinski definition) is 10. The van der Waals surface area contributed by atoms with E-state index >= 15 is 0 Å². The van der Waals surface area contributed by atoms with Crippen LogP contribution in [0.1, 0.15) is 79.6 Å². The maximum atomic E-state index is 13.5. The van der Waals surface area contributed by atoms with Gasteiger partial charge in [0.05, 0.1) is 12.1 Å². The van der Waals surface area contributed by atoms with E-state index in [0.29, 0.717) is 38.8 Å². The number of carboxylic acids is 1. The zero-order valence-corrected chi connectivity index (χ0v) is 26.6. The molecular weight excluding hydrogens is 576 g/mol. The molecule has 0 spiro atoms. The molecule has 0 unspecified atom stereocenters. The van der Waals surface area contributed by atoms with E-state index < -0.39 is 77.9 Å². The number of nitrogens with two attached hydrogens (primary N) is 3. The van der Waals surface area contributed by atoms with Crippen LogP contribution in [0.5, 0.6) is 0 Å². The largest absolute Gasteiger partial charge is 0.480 e. The first-order chi connectivity index (χ1) is 20.5. The van der Waals surface area contributed by atoms with Crippen molar-refractivity contribution in [2.24, 2.45) is 23.1 Å². The average Bonchev–Trinajstić information content (AvgIpc) is 2.93. The Bertz CT molecular complexity index is 947. The molecule has 0 aliphatic carbocycles. The van der Waals surface area contributed by atoms with Crippen molar-refractivity contribution in [1.82, 2.24) is 26.6 Å². The van der Waals surface area contributed by atoms with Gasteiger partial charge in [0, 0.05) is 0 Å². The highest BCUT2D eigenvalue weighted by Crippen LogP contribution is 2.10. The minimum Gasteiger partial charge on any atom is -0.480 e. The quantitative estimate of drug-likeness (QED) is 0.0560. The van der Waals surface area contributed by atoms with E-state index in [9.17, 15) is 39.0 Å². The van der Waals surface area contributed by atoms with Crippen LogP contribution in [0.4, 0.5) is 0 Å². The Labute approximate surface area is 259 Å². The van der Waals surface area contributed by atoms with E-state index in [2.05, 4.69) is 26.6 Å². The van der Waals surface area contributed by atoms with Crippen LogP contribution in [0.25, 0.3) is 0 Å². The normalized spacial score (nSPS) is 16.0. The third kappa shape index (κ3) is 15.9. The van der Waals surface area contributed by atoms with Crippen LogP contribution < -0.4 is 43.8 Å². The summed E-state index contributed by atoms with van der Waals surface area (Å²) in [5, 5.41) is 31.8. The van der Waals surface area contributed by atoms with Crippen LogP contribution in [0.15, 0.2) is 0 Å². The molecule has 5 amide bonds. The van der Waals surface area contributed by atoms with Gasteiger partial charge in [-0.15, -0.1) is 0 Å². The number of carbonyl (C=O) groups is 6. The summed E-state index contributed by atoms with van der Waals surface area (Å²) in [6, 6.07) is -6.76. The molecule has 0 saturated carbocycles. The van der Waals surface area contributed by atoms with Gasteiger partial charge < -0.3 is 54.0 Å². The first kappa shape index (κ1) is 40.7. The predicted molar refractivity (Wildman–Crippen MR) is 164 cm³/mol. The van der Waals surface area contributed by atoms with Crippen molar-refractivity contribution in [1.29, 1.82) is 0 Å². The topological polar surface area (TPSA) is 281 Å². The summed E-state index contributed by atoms with van der Waals surface area (Å²) in [6.45, 7) is 8.50. The molecule has 0 radical (unpaired) electrons. The second kappa shape index (κ2) is 21.4. The Morgan fingerprint density at radius 1 is 0.614 bits per heavy atom. The van der Waals surface area contributed by atoms with Crippen molar-refractivity contribution in [2.75, 3.05) is 13.1 Å². The first-order valence-corrected chi connectivity index (χ1v) is 15.1. The highest BCUT2D eigenvalue weighted by molar-refractivity contribution is 5.96. The molecule has 0 aromatic rings. The Hall–Kier alpha value is -3.34. The molecule has 16 nitrogen and oxygen atoms in total. The summed E-state index contributed by atoms with van der Waals surface area (Å²) in [5.74, 6) is -4.83. The van der Waals surface area contributed by atoms with Crippen molar-refractivity contribution in [3.8, 4) is 0 Å². The number of aliphatic hydroxyl groups excluding tert-OH is 1. The smallest absolute Gasteiger partial charge is 0.328 e. The Kier molecular flexibility index (Phi) is 19.8. The third-order valence-corrected chi connectivity index (χ3v) is 6.71. The van der Waals surface area contributed by atoms with Crippen LogP contribution in [0, 0.1) is 5.92 Å². The molecule has 0 heterocycles. The highest BCUT2D eigenvalue weighted by atomic mass is 16.4. The van der Waals surface area contributed by atoms with E-state index in [4.69, 9.17) is 17.2 Å². The van der Waals surface area contributed by atoms with Gasteiger partial charge in [-0.2, -0.15) is 0 Å². The average molecular weight is 631 g/mol. The van der Waals surface area contributed by atoms with Gasteiger partial charge in [0.1, 0.15) is 24.2 Å². The van der Waals surface area contributed by atoms with E-state index in [0.717, 1.165) is 0 Å². The van der Waals surface area contributed by atoms with Crippen LogP contribution in [-0.4, -0.2) is 101 Å². The number of unbranched alkanes of at least 4 members (excludes halogenated alkanes) is 2. The fourth-order valence-electron chi connectivity index (χ4n) is 4.12. The van der Waals surface area contributed by atoms with Gasteiger partial charge in [0.25, 0.3) is 0 Å². The standard InChI is InChI=1S/C28H54N8O8/c1-15(2)14-21(27(42)34-20(11-7-9-13-30)26(41)36-22(18(5)37)28(43)44)35-25(40)19(10-6-8-12-29)33-24(39)17(4)32-23(38)16(3)31/h15-22,37H,6-14,29-31H2,1-5H3,(H,32,38)(H,33,39)(H,34,42)(H,35,40)(H,36,41)(H,43,44)/t16-,17-,18+,19-,20-,21-,22-/m0/s1. The SMILES string of the molecule is CC(C)C[C@H](NC(=O)[C@H](CCCCN)NC(=O)[C@H](C)NC(=O)[C@H](C)N)C(=O)N[C@@H](CCCCN)C(=O)N[C@H](C(=O)O)[C@@H](C)O. The summed E-state index contributed by atoms with van der Waals surface area (Å²) in [6.07, 6.45) is 1.18. The molecule has 0 saturated heterocycles. The summed E-state index contributed by atoms with van der Waals surface area (Å²) in [4.78, 5) is 76.1. The van der Waals surface area contributed by atoms with Crippen molar-refractivity contribution < 1.29 is 39.0 Å². The van der Waals surface area contributed by atoms with Crippen molar-refractivity contribution in [2.45, 2.75) is 122 Å². The summed E-state index contributed by atoms with van der Waals surface area (Å²) in [7, 11) is 0. The number of amides is 5. The van der Waals surface area contributed by atoms with E-state index in [1.807, 2.05) is 13.8 Å². The van der Waals surface area contributed by atoms with Gasteiger partial charge in [-0.05, 0) is 84.7 Å². The fraction of sp³-hybridized carbons (Fsp3) is 0.786.